The van der Waals surface area contributed by atoms with Gasteiger partial charge in [-0.2, -0.15) is 0 Å². The van der Waals surface area contributed by atoms with Crippen molar-refractivity contribution in [1.82, 2.24) is 15.5 Å². The molecule has 12 nitrogen and oxygen atoms in total. The van der Waals surface area contributed by atoms with Crippen molar-refractivity contribution in [3.8, 4) is 11.1 Å². The number of likely N-dealkylation sites (tertiary alicyclic amines) is 1. The van der Waals surface area contributed by atoms with E-state index in [0.29, 0.717) is 31.5 Å². The largest absolute Gasteiger partial charge is 0.478 e. The van der Waals surface area contributed by atoms with Gasteiger partial charge in [0.2, 0.25) is 17.7 Å². The molecule has 0 radical (unpaired) electrons. The summed E-state index contributed by atoms with van der Waals surface area (Å²) in [5.74, 6) is -6.44. The van der Waals surface area contributed by atoms with E-state index in [1.165, 1.54) is 25.1 Å². The average Bonchev–Trinajstić information content (AvgIpc) is 3.24. The first-order valence-corrected chi connectivity index (χ1v) is 18.1. The first-order chi connectivity index (χ1) is 25.3. The van der Waals surface area contributed by atoms with Crippen LogP contribution in [0.15, 0.2) is 72.8 Å². The third-order valence-corrected chi connectivity index (χ3v) is 8.61. The van der Waals surface area contributed by atoms with Crippen LogP contribution in [0.4, 0.5) is 0 Å². The Bertz CT molecular complexity index is 1820. The lowest BCUT2D eigenvalue weighted by molar-refractivity contribution is -0.169. The van der Waals surface area contributed by atoms with Gasteiger partial charge in [0.25, 0.3) is 0 Å². The number of hydrogen-bond donors (Lipinski definition) is 3. The summed E-state index contributed by atoms with van der Waals surface area (Å²) in [7, 11) is 0. The van der Waals surface area contributed by atoms with Gasteiger partial charge in [-0.1, -0.05) is 66.7 Å². The highest BCUT2D eigenvalue weighted by Crippen LogP contribution is 2.29. The lowest BCUT2D eigenvalue weighted by Crippen LogP contribution is -2.54. The Morgan fingerprint density at radius 1 is 0.815 bits per heavy atom. The molecular weight excluding hydrogens is 690 g/mol. The Morgan fingerprint density at radius 2 is 1.39 bits per heavy atom. The molecule has 1 saturated heterocycles. The van der Waals surface area contributed by atoms with E-state index in [0.717, 1.165) is 23.1 Å². The van der Waals surface area contributed by atoms with Gasteiger partial charge < -0.3 is 30.1 Å². The van der Waals surface area contributed by atoms with Crippen molar-refractivity contribution in [2.24, 2.45) is 0 Å². The summed E-state index contributed by atoms with van der Waals surface area (Å²) in [4.78, 5) is 80.7. The number of hydrogen-bond acceptors (Lipinski definition) is 8. The highest BCUT2D eigenvalue weighted by Gasteiger charge is 2.39. The smallest absolute Gasteiger partial charge is 0.336 e. The molecular formula is C42H51N3O9. The van der Waals surface area contributed by atoms with E-state index in [1.807, 2.05) is 54.6 Å². The minimum Gasteiger partial charge on any atom is -0.478 e. The van der Waals surface area contributed by atoms with Crippen molar-refractivity contribution in [3.63, 3.8) is 0 Å². The second kappa shape index (κ2) is 17.5. The Labute approximate surface area is 316 Å². The van der Waals surface area contributed by atoms with Gasteiger partial charge in [-0.15, -0.1) is 0 Å². The molecule has 1 heterocycles. The highest BCUT2D eigenvalue weighted by atomic mass is 16.6. The summed E-state index contributed by atoms with van der Waals surface area (Å²) in [5.41, 5.74) is 0.942. The Hall–Kier alpha value is -5.52. The number of rotatable bonds is 12. The number of nitrogens with zero attached hydrogens (tertiary/aromatic N) is 1. The van der Waals surface area contributed by atoms with Crippen LogP contribution >= 0.6 is 0 Å². The number of ether oxygens (including phenoxy) is 2. The second-order valence-corrected chi connectivity index (χ2v) is 15.6. The molecule has 0 spiro atoms. The Balaban J connectivity index is 1.54. The molecule has 0 bridgehead atoms. The maximum Gasteiger partial charge on any atom is 0.336 e. The van der Waals surface area contributed by atoms with Gasteiger partial charge in [-0.3, -0.25) is 24.0 Å². The molecule has 12 heteroatoms. The van der Waals surface area contributed by atoms with Crippen LogP contribution in [-0.2, 0) is 46.4 Å². The average molecular weight is 742 g/mol. The minimum absolute atomic E-state index is 0.144. The van der Waals surface area contributed by atoms with Crippen LogP contribution in [0.2, 0.25) is 0 Å². The van der Waals surface area contributed by atoms with Gasteiger partial charge in [0.1, 0.15) is 23.3 Å². The molecule has 54 heavy (non-hydrogen) atoms. The molecule has 0 aliphatic carbocycles. The maximum atomic E-state index is 13.8. The van der Waals surface area contributed by atoms with E-state index >= 15 is 0 Å². The molecule has 1 aliphatic heterocycles. The minimum atomic E-state index is -1.70. The fraction of sp³-hybridized carbons (Fsp3) is 0.429. The number of esters is 2. The molecule has 1 fully saturated rings. The van der Waals surface area contributed by atoms with E-state index in [2.05, 4.69) is 10.6 Å². The topological polar surface area (TPSA) is 168 Å². The van der Waals surface area contributed by atoms with Crippen LogP contribution in [0, 0.1) is 0 Å². The first-order valence-electron chi connectivity index (χ1n) is 18.1. The summed E-state index contributed by atoms with van der Waals surface area (Å²) in [5, 5.41) is 15.7. The number of carbonyl (C=O) groups is 6. The molecule has 3 amide bonds. The fourth-order valence-corrected chi connectivity index (χ4v) is 6.25. The molecule has 0 saturated carbocycles. The van der Waals surface area contributed by atoms with E-state index in [1.54, 1.807) is 46.4 Å². The summed E-state index contributed by atoms with van der Waals surface area (Å²) >= 11 is 0. The SMILES string of the molecule is CC(=O)NC(Cc1ccc(C(C(=O)OC(C)(C)C)C(=O)OC(C)(C)C)c(C(=O)O)c1)C(=O)N[C@H]1CCCCN(Cc2ccc(-c3ccccc3)cc2)C1=O. The van der Waals surface area contributed by atoms with Crippen LogP contribution in [0.25, 0.3) is 11.1 Å². The van der Waals surface area contributed by atoms with Crippen LogP contribution in [0.1, 0.15) is 101 Å². The zero-order chi connectivity index (χ0) is 39.8. The van der Waals surface area contributed by atoms with Gasteiger partial charge in [0.15, 0.2) is 5.92 Å². The van der Waals surface area contributed by atoms with Crippen molar-refractivity contribution < 1.29 is 43.3 Å². The van der Waals surface area contributed by atoms with E-state index in [9.17, 15) is 33.9 Å². The van der Waals surface area contributed by atoms with E-state index in [4.69, 9.17) is 9.47 Å². The summed E-state index contributed by atoms with van der Waals surface area (Å²) in [6, 6.07) is 20.0. The molecule has 1 unspecified atom stereocenters. The predicted octanol–water partition coefficient (Wildman–Crippen LogP) is 5.56. The van der Waals surface area contributed by atoms with Crippen molar-refractivity contribution in [2.75, 3.05) is 6.54 Å². The van der Waals surface area contributed by atoms with Gasteiger partial charge in [-0.05, 0) is 94.7 Å². The second-order valence-electron chi connectivity index (χ2n) is 15.6. The molecule has 3 N–H and O–H groups in total. The van der Waals surface area contributed by atoms with Crippen molar-refractivity contribution in [3.05, 3.63) is 95.1 Å². The molecule has 3 aromatic carbocycles. The summed E-state index contributed by atoms with van der Waals surface area (Å²) in [6.07, 6.45) is 1.72. The Morgan fingerprint density at radius 3 is 1.94 bits per heavy atom. The third-order valence-electron chi connectivity index (χ3n) is 8.61. The normalized spacial score (nSPS) is 15.5. The van der Waals surface area contributed by atoms with Crippen LogP contribution in [0.3, 0.4) is 0 Å². The van der Waals surface area contributed by atoms with Crippen molar-refractivity contribution >= 4 is 35.6 Å². The van der Waals surface area contributed by atoms with Gasteiger partial charge in [-0.25, -0.2) is 4.79 Å². The quantitative estimate of drug-likeness (QED) is 0.159. The van der Waals surface area contributed by atoms with Gasteiger partial charge >= 0.3 is 17.9 Å². The number of nitrogens with one attached hydrogen (secondary N) is 2. The van der Waals surface area contributed by atoms with Crippen LogP contribution in [-0.4, -0.2) is 75.5 Å². The zero-order valence-electron chi connectivity index (χ0n) is 32.1. The predicted molar refractivity (Wildman–Crippen MR) is 202 cm³/mol. The first kappa shape index (κ1) is 41.2. The molecule has 4 rings (SSSR count). The highest BCUT2D eigenvalue weighted by molar-refractivity contribution is 6.04. The number of amides is 3. The molecule has 2 atom stereocenters. The monoisotopic (exact) mass is 741 g/mol. The summed E-state index contributed by atoms with van der Waals surface area (Å²) in [6.45, 7) is 11.9. The number of benzene rings is 3. The third kappa shape index (κ3) is 11.7. The van der Waals surface area contributed by atoms with Gasteiger partial charge in [0, 0.05) is 26.4 Å². The molecule has 3 aromatic rings. The van der Waals surface area contributed by atoms with Crippen molar-refractivity contribution in [1.29, 1.82) is 0 Å². The maximum absolute atomic E-state index is 13.8. The van der Waals surface area contributed by atoms with E-state index < -0.39 is 58.9 Å². The van der Waals surface area contributed by atoms with Gasteiger partial charge in [0.05, 0.1) is 5.56 Å². The van der Waals surface area contributed by atoms with E-state index in [-0.39, 0.29) is 23.5 Å². The number of carbonyl (C=O) groups excluding carboxylic acids is 5. The molecule has 1 aliphatic rings. The standard InChI is InChI=1S/C42H51N3O9/c1-26(46)43-34(24-28-18-21-31(32(23-28)38(49)50)35(39(51)53-41(2,3)4)40(52)54-42(5,6)7)36(47)44-33-15-11-12-22-45(37(33)48)25-27-16-19-30(20-17-27)29-13-9-8-10-14-29/h8-10,13-14,16-21,23,33-35H,11-12,15,22,24-25H2,1-7H3,(H,43,46)(H,44,47)(H,49,50)/t33-,34?/m0/s1. The molecule has 288 valence electrons. The number of carboxylic acids is 1. The fourth-order valence-electron chi connectivity index (χ4n) is 6.25. The summed E-state index contributed by atoms with van der Waals surface area (Å²) < 4.78 is 11.0. The zero-order valence-corrected chi connectivity index (χ0v) is 32.1. The van der Waals surface area contributed by atoms with Crippen LogP contribution in [0.5, 0.6) is 0 Å². The van der Waals surface area contributed by atoms with Crippen molar-refractivity contribution in [2.45, 2.75) is 110 Å². The Kier molecular flexibility index (Phi) is 13.4. The number of aromatic carboxylic acids is 1. The van der Waals surface area contributed by atoms with Crippen LogP contribution < -0.4 is 10.6 Å². The molecule has 0 aromatic heterocycles. The lowest BCUT2D eigenvalue weighted by Gasteiger charge is -2.27. The lowest BCUT2D eigenvalue weighted by atomic mass is 9.90. The number of carboxylic acid groups (broad SMARTS) is 1.